The van der Waals surface area contributed by atoms with Gasteiger partial charge in [-0.25, -0.2) is 4.98 Å². The number of nitrogens with zero attached hydrogens (tertiary/aromatic N) is 1. The second-order valence-electron chi connectivity index (χ2n) is 4.95. The highest BCUT2D eigenvalue weighted by molar-refractivity contribution is 7.16. The molecule has 0 saturated carbocycles. The Morgan fingerprint density at radius 2 is 2.16 bits per heavy atom. The van der Waals surface area contributed by atoms with Crippen LogP contribution in [0.15, 0.2) is 23.7 Å². The number of fused-ring (bicyclic) bond motifs is 1. The van der Waals surface area contributed by atoms with Gasteiger partial charge >= 0.3 is 5.97 Å². The Balaban J connectivity index is 2.08. The fourth-order valence-corrected chi connectivity index (χ4v) is 2.33. The zero-order valence-corrected chi connectivity index (χ0v) is 11.5. The summed E-state index contributed by atoms with van der Waals surface area (Å²) in [5.41, 5.74) is 2.21. The lowest BCUT2D eigenvalue weighted by molar-refractivity contribution is -0.148. The molecule has 0 fully saturated rings. The van der Waals surface area contributed by atoms with E-state index in [2.05, 4.69) is 10.3 Å². The maximum Gasteiger partial charge on any atom is 0.309 e. The van der Waals surface area contributed by atoms with Gasteiger partial charge in [0.1, 0.15) is 0 Å². The van der Waals surface area contributed by atoms with Crippen molar-refractivity contribution >= 4 is 39.1 Å². The zero-order chi connectivity index (χ0) is 14.0. The smallest absolute Gasteiger partial charge is 0.309 e. The van der Waals surface area contributed by atoms with Gasteiger partial charge in [-0.3, -0.25) is 9.59 Å². The van der Waals surface area contributed by atoms with E-state index in [9.17, 15) is 9.59 Å². The van der Waals surface area contributed by atoms with E-state index in [-0.39, 0.29) is 12.3 Å². The quantitative estimate of drug-likeness (QED) is 0.901. The number of thiazole rings is 1. The van der Waals surface area contributed by atoms with Gasteiger partial charge in [-0.15, -0.1) is 11.3 Å². The fourth-order valence-electron chi connectivity index (χ4n) is 1.62. The Labute approximate surface area is 114 Å². The normalized spacial score (nSPS) is 11.5. The summed E-state index contributed by atoms with van der Waals surface area (Å²) >= 11 is 1.49. The van der Waals surface area contributed by atoms with Gasteiger partial charge in [-0.05, 0) is 32.0 Å². The summed E-state index contributed by atoms with van der Waals surface area (Å²) in [6.07, 6.45) is -0.0664. The SMILES string of the molecule is CC(C)(CC(=O)Nc1ccc2ncsc2c1)C(=O)O. The predicted molar refractivity (Wildman–Crippen MR) is 74.3 cm³/mol. The number of hydrogen-bond donors (Lipinski definition) is 2. The number of carboxylic acids is 1. The summed E-state index contributed by atoms with van der Waals surface area (Å²) < 4.78 is 0.982. The van der Waals surface area contributed by atoms with Crippen molar-refractivity contribution in [3.05, 3.63) is 23.7 Å². The molecule has 0 bridgehead atoms. The first-order chi connectivity index (χ1) is 8.88. The van der Waals surface area contributed by atoms with E-state index in [0.29, 0.717) is 5.69 Å². The second-order valence-corrected chi connectivity index (χ2v) is 5.84. The Bertz CT molecular complexity index is 634. The first-order valence-corrected chi connectivity index (χ1v) is 6.63. The van der Waals surface area contributed by atoms with E-state index in [0.717, 1.165) is 10.2 Å². The summed E-state index contributed by atoms with van der Waals surface area (Å²) in [6, 6.07) is 5.41. The summed E-state index contributed by atoms with van der Waals surface area (Å²) in [6.45, 7) is 3.06. The number of anilines is 1. The standard InChI is InChI=1S/C13H14N2O3S/c1-13(2,12(17)18)6-11(16)15-8-3-4-9-10(5-8)19-7-14-9/h3-5,7H,6H2,1-2H3,(H,15,16)(H,17,18). The van der Waals surface area contributed by atoms with Crippen molar-refractivity contribution in [2.24, 2.45) is 5.41 Å². The van der Waals surface area contributed by atoms with Crippen LogP contribution < -0.4 is 5.32 Å². The van der Waals surface area contributed by atoms with E-state index in [1.54, 1.807) is 11.6 Å². The van der Waals surface area contributed by atoms with Crippen LogP contribution in [0.5, 0.6) is 0 Å². The van der Waals surface area contributed by atoms with E-state index >= 15 is 0 Å². The van der Waals surface area contributed by atoms with Gasteiger partial charge in [-0.2, -0.15) is 0 Å². The number of rotatable bonds is 4. The van der Waals surface area contributed by atoms with Gasteiger partial charge in [-0.1, -0.05) is 0 Å². The number of hydrogen-bond acceptors (Lipinski definition) is 4. The van der Waals surface area contributed by atoms with Crippen molar-refractivity contribution in [2.45, 2.75) is 20.3 Å². The average molecular weight is 278 g/mol. The molecule has 1 aromatic carbocycles. The molecule has 0 unspecified atom stereocenters. The van der Waals surface area contributed by atoms with E-state index in [4.69, 9.17) is 5.11 Å². The van der Waals surface area contributed by atoms with Crippen LogP contribution in [-0.2, 0) is 9.59 Å². The minimum atomic E-state index is -1.07. The van der Waals surface area contributed by atoms with Crippen LogP contribution in [0.4, 0.5) is 5.69 Å². The second kappa shape index (κ2) is 4.97. The number of carboxylic acid groups (broad SMARTS) is 1. The van der Waals surface area contributed by atoms with E-state index in [1.807, 2.05) is 12.1 Å². The van der Waals surface area contributed by atoms with Crippen LogP contribution in [-0.4, -0.2) is 22.0 Å². The number of carbonyl (C=O) groups is 2. The third-order valence-electron chi connectivity index (χ3n) is 2.80. The monoisotopic (exact) mass is 278 g/mol. The van der Waals surface area contributed by atoms with E-state index < -0.39 is 11.4 Å². The molecule has 0 aliphatic rings. The lowest BCUT2D eigenvalue weighted by Crippen LogP contribution is -2.29. The molecule has 6 heteroatoms. The average Bonchev–Trinajstić information content (AvgIpc) is 2.74. The van der Waals surface area contributed by atoms with Gasteiger partial charge in [0.2, 0.25) is 5.91 Å². The van der Waals surface area contributed by atoms with Crippen molar-refractivity contribution in [1.29, 1.82) is 0 Å². The molecule has 1 aromatic heterocycles. The highest BCUT2D eigenvalue weighted by Gasteiger charge is 2.30. The predicted octanol–water partition coefficient (Wildman–Crippen LogP) is 2.74. The maximum absolute atomic E-state index is 11.8. The molecule has 100 valence electrons. The molecule has 2 rings (SSSR count). The summed E-state index contributed by atoms with van der Waals surface area (Å²) in [5.74, 6) is -1.29. The van der Waals surface area contributed by atoms with Crippen LogP contribution in [0.25, 0.3) is 10.2 Å². The Hall–Kier alpha value is -1.95. The minimum absolute atomic E-state index is 0.0664. The van der Waals surface area contributed by atoms with Gasteiger partial charge in [0.15, 0.2) is 0 Å². The number of aliphatic carboxylic acids is 1. The highest BCUT2D eigenvalue weighted by atomic mass is 32.1. The molecular formula is C13H14N2O3S. The molecule has 0 saturated heterocycles. The highest BCUT2D eigenvalue weighted by Crippen LogP contribution is 2.24. The first-order valence-electron chi connectivity index (χ1n) is 5.75. The van der Waals surface area contributed by atoms with Crippen LogP contribution >= 0.6 is 11.3 Å². The van der Waals surface area contributed by atoms with Gasteiger partial charge in [0.05, 0.1) is 21.1 Å². The lowest BCUT2D eigenvalue weighted by atomic mass is 9.89. The molecule has 0 aliphatic heterocycles. The van der Waals surface area contributed by atoms with Gasteiger partial charge in [0.25, 0.3) is 0 Å². The molecule has 1 amide bonds. The molecule has 0 atom stereocenters. The number of benzene rings is 1. The number of nitrogens with one attached hydrogen (secondary N) is 1. The van der Waals surface area contributed by atoms with Crippen LogP contribution in [0, 0.1) is 5.41 Å². The first kappa shape index (κ1) is 13.5. The van der Waals surface area contributed by atoms with Gasteiger partial charge in [0, 0.05) is 12.1 Å². The molecule has 2 aromatic rings. The Morgan fingerprint density at radius 3 is 2.84 bits per heavy atom. The molecule has 19 heavy (non-hydrogen) atoms. The molecule has 2 N–H and O–H groups in total. The third kappa shape index (κ3) is 3.08. The largest absolute Gasteiger partial charge is 0.481 e. The summed E-state index contributed by atoms with van der Waals surface area (Å²) in [5, 5.41) is 11.7. The Kier molecular flexibility index (Phi) is 3.53. The van der Waals surface area contributed by atoms with Crippen molar-refractivity contribution in [3.8, 4) is 0 Å². The van der Waals surface area contributed by atoms with Crippen molar-refractivity contribution in [1.82, 2.24) is 4.98 Å². The van der Waals surface area contributed by atoms with E-state index in [1.165, 1.54) is 25.2 Å². The number of amides is 1. The zero-order valence-electron chi connectivity index (χ0n) is 10.6. The molecular weight excluding hydrogens is 264 g/mol. The maximum atomic E-state index is 11.8. The molecule has 1 heterocycles. The molecule has 0 spiro atoms. The topological polar surface area (TPSA) is 79.3 Å². The Morgan fingerprint density at radius 1 is 1.42 bits per heavy atom. The van der Waals surface area contributed by atoms with Crippen molar-refractivity contribution in [2.75, 3.05) is 5.32 Å². The van der Waals surface area contributed by atoms with Gasteiger partial charge < -0.3 is 10.4 Å². The fraction of sp³-hybridized carbons (Fsp3) is 0.308. The minimum Gasteiger partial charge on any atom is -0.481 e. The molecule has 0 aliphatic carbocycles. The number of aromatic nitrogens is 1. The molecule has 0 radical (unpaired) electrons. The van der Waals surface area contributed by atoms with Crippen molar-refractivity contribution in [3.63, 3.8) is 0 Å². The summed E-state index contributed by atoms with van der Waals surface area (Å²) in [4.78, 5) is 26.9. The third-order valence-corrected chi connectivity index (χ3v) is 3.59. The number of carbonyl (C=O) groups excluding carboxylic acids is 1. The van der Waals surface area contributed by atoms with Crippen LogP contribution in [0.3, 0.4) is 0 Å². The lowest BCUT2D eigenvalue weighted by Gasteiger charge is -2.18. The van der Waals surface area contributed by atoms with Crippen molar-refractivity contribution < 1.29 is 14.7 Å². The van der Waals surface area contributed by atoms with Crippen LogP contribution in [0.1, 0.15) is 20.3 Å². The van der Waals surface area contributed by atoms with Crippen LogP contribution in [0.2, 0.25) is 0 Å². The molecule has 5 nitrogen and oxygen atoms in total. The summed E-state index contributed by atoms with van der Waals surface area (Å²) in [7, 11) is 0.